The van der Waals surface area contributed by atoms with Crippen molar-refractivity contribution < 1.29 is 4.52 Å². The average Bonchev–Trinajstić information content (AvgIpc) is 3.39. The molecule has 0 amide bonds. The maximum Gasteiger partial charge on any atom is 0.293 e. The van der Waals surface area contributed by atoms with Crippen molar-refractivity contribution in [3.8, 4) is 11.7 Å². The molecule has 8 nitrogen and oxygen atoms in total. The lowest BCUT2D eigenvalue weighted by molar-refractivity contribution is 0.350. The molecule has 1 unspecified atom stereocenters. The second-order valence-electron chi connectivity index (χ2n) is 7.17. The lowest BCUT2D eigenvalue weighted by Gasteiger charge is -2.31. The Morgan fingerprint density at radius 3 is 2.59 bits per heavy atom. The third-order valence-corrected chi connectivity index (χ3v) is 5.11. The van der Waals surface area contributed by atoms with Crippen molar-refractivity contribution in [1.29, 1.82) is 0 Å². The summed E-state index contributed by atoms with van der Waals surface area (Å²) in [5.74, 6) is 1.94. The van der Waals surface area contributed by atoms with Crippen LogP contribution in [0.15, 0.2) is 64.8 Å². The van der Waals surface area contributed by atoms with E-state index in [9.17, 15) is 0 Å². The number of aromatic amines is 1. The highest BCUT2D eigenvalue weighted by Gasteiger charge is 2.37. The van der Waals surface area contributed by atoms with Gasteiger partial charge in [-0.05, 0) is 24.0 Å². The molecule has 0 aliphatic heterocycles. The van der Waals surface area contributed by atoms with Crippen LogP contribution in [0.1, 0.15) is 37.7 Å². The predicted octanol–water partition coefficient (Wildman–Crippen LogP) is 3.22. The molecule has 0 fully saturated rings. The number of H-pyrrole nitrogens is 1. The number of nitrogens with zero attached hydrogens (tertiary/aromatic N) is 4. The monoisotopic (exact) mass is 391 g/mol. The summed E-state index contributed by atoms with van der Waals surface area (Å²) in [4.78, 5) is 15.8. The number of aromatic nitrogens is 4. The third-order valence-electron chi connectivity index (χ3n) is 5.11. The van der Waals surface area contributed by atoms with E-state index in [0.29, 0.717) is 17.5 Å². The molecule has 3 aromatic rings. The van der Waals surface area contributed by atoms with Crippen LogP contribution in [-0.4, -0.2) is 26.3 Å². The highest BCUT2D eigenvalue weighted by Crippen LogP contribution is 2.38. The quantitative estimate of drug-likeness (QED) is 0.530. The Hall–Kier alpha value is -3.68. The Morgan fingerprint density at radius 1 is 1.31 bits per heavy atom. The largest absolute Gasteiger partial charge is 0.404 e. The molecule has 2 aromatic heterocycles. The van der Waals surface area contributed by atoms with Gasteiger partial charge < -0.3 is 21.0 Å². The Bertz CT molecular complexity index is 1030. The van der Waals surface area contributed by atoms with Crippen molar-refractivity contribution >= 4 is 11.8 Å². The maximum absolute atomic E-state index is 5.74. The smallest absolute Gasteiger partial charge is 0.293 e. The zero-order valence-corrected chi connectivity index (χ0v) is 16.8. The summed E-state index contributed by atoms with van der Waals surface area (Å²) in [6.07, 6.45) is 6.43. The molecular weight excluding hydrogens is 366 g/mol. The van der Waals surface area contributed by atoms with Crippen LogP contribution in [0.2, 0.25) is 0 Å². The van der Waals surface area contributed by atoms with Gasteiger partial charge in [-0.2, -0.15) is 4.98 Å². The van der Waals surface area contributed by atoms with Crippen LogP contribution in [0.4, 0.5) is 0 Å². The highest BCUT2D eigenvalue weighted by atomic mass is 16.5. The summed E-state index contributed by atoms with van der Waals surface area (Å²) < 4.78 is 5.44. The van der Waals surface area contributed by atoms with Crippen molar-refractivity contribution in [2.45, 2.75) is 26.2 Å². The van der Waals surface area contributed by atoms with E-state index >= 15 is 0 Å². The lowest BCUT2D eigenvalue weighted by Crippen LogP contribution is -2.31. The number of imidazole rings is 1. The summed E-state index contributed by atoms with van der Waals surface area (Å²) in [7, 11) is 0. The van der Waals surface area contributed by atoms with Crippen molar-refractivity contribution in [1.82, 2.24) is 20.1 Å². The van der Waals surface area contributed by atoms with E-state index in [1.165, 1.54) is 6.20 Å². The van der Waals surface area contributed by atoms with Crippen LogP contribution in [0.25, 0.3) is 17.3 Å². The number of nitrogens with one attached hydrogen (secondary N) is 1. The average molecular weight is 391 g/mol. The van der Waals surface area contributed by atoms with E-state index in [1.54, 1.807) is 18.6 Å². The fourth-order valence-electron chi connectivity index (χ4n) is 3.01. The normalized spacial score (nSPS) is 14.4. The van der Waals surface area contributed by atoms with Gasteiger partial charge in [0.25, 0.3) is 5.89 Å². The number of hydrogen-bond acceptors (Lipinski definition) is 7. The third kappa shape index (κ3) is 3.96. The van der Waals surface area contributed by atoms with E-state index in [2.05, 4.69) is 52.5 Å². The van der Waals surface area contributed by atoms with Crippen LogP contribution < -0.4 is 11.5 Å². The van der Waals surface area contributed by atoms with Crippen molar-refractivity contribution in [3.05, 3.63) is 72.2 Å². The van der Waals surface area contributed by atoms with Gasteiger partial charge in [0.15, 0.2) is 11.6 Å². The van der Waals surface area contributed by atoms with Gasteiger partial charge in [0.1, 0.15) is 5.82 Å². The molecule has 0 radical (unpaired) electrons. The number of hydrogen-bond donors (Lipinski definition) is 3. The van der Waals surface area contributed by atoms with Gasteiger partial charge in [-0.25, -0.2) is 9.98 Å². The summed E-state index contributed by atoms with van der Waals surface area (Å²) in [6.45, 7) is 9.91. The van der Waals surface area contributed by atoms with Gasteiger partial charge in [-0.1, -0.05) is 49.8 Å². The first-order valence-corrected chi connectivity index (χ1v) is 9.21. The van der Waals surface area contributed by atoms with Gasteiger partial charge in [-0.3, -0.25) is 0 Å². The van der Waals surface area contributed by atoms with Crippen LogP contribution in [0, 0.1) is 5.92 Å². The van der Waals surface area contributed by atoms with Crippen molar-refractivity contribution in [2.75, 3.05) is 0 Å². The number of aliphatic imine (C=N–C) groups is 1. The minimum absolute atomic E-state index is 0.210. The van der Waals surface area contributed by atoms with Crippen LogP contribution >= 0.6 is 0 Å². The molecule has 0 aliphatic carbocycles. The molecule has 29 heavy (non-hydrogen) atoms. The van der Waals surface area contributed by atoms with E-state index in [0.717, 1.165) is 16.7 Å². The number of allylic oxidation sites excluding steroid dienone is 1. The topological polar surface area (TPSA) is 132 Å². The molecular formula is C21H25N7O. The molecule has 1 atom stereocenters. The Morgan fingerprint density at radius 2 is 2.03 bits per heavy atom. The lowest BCUT2D eigenvalue weighted by atomic mass is 9.72. The van der Waals surface area contributed by atoms with E-state index in [4.69, 9.17) is 16.0 Å². The molecule has 0 aliphatic rings. The zero-order chi connectivity index (χ0) is 21.0. The first-order chi connectivity index (χ1) is 13.9. The minimum Gasteiger partial charge on any atom is -0.404 e. The summed E-state index contributed by atoms with van der Waals surface area (Å²) in [5, 5.41) is 4.24. The van der Waals surface area contributed by atoms with Gasteiger partial charge in [0, 0.05) is 30.4 Å². The van der Waals surface area contributed by atoms with Gasteiger partial charge in [0.2, 0.25) is 0 Å². The summed E-state index contributed by atoms with van der Waals surface area (Å²) in [5.41, 5.74) is 13.5. The number of nitrogens with two attached hydrogens (primary N) is 2. The standard InChI is InChI=1S/C21H25N7O/c1-13(2)21(4,20-27-19(29-28-20)18-24-9-10-25-18)17-7-5-15(6-8-17)16(11-22)12-26-14(3)23/h5-13H,3,22-23H2,1-2,4H3,(H,24,25)/b16-11+,26-12?. The predicted molar refractivity (Wildman–Crippen MR) is 114 cm³/mol. The highest BCUT2D eigenvalue weighted by molar-refractivity contribution is 6.09. The second-order valence-corrected chi connectivity index (χ2v) is 7.17. The fourth-order valence-corrected chi connectivity index (χ4v) is 3.01. The van der Waals surface area contributed by atoms with E-state index < -0.39 is 5.41 Å². The SMILES string of the molecule is C=C(N)N=C/C(=C\N)c1ccc(C(C)(c2noc(-c3ncc[nH]3)n2)C(C)C)cc1. The van der Waals surface area contributed by atoms with Crippen LogP contribution in [0.5, 0.6) is 0 Å². The molecule has 0 saturated heterocycles. The van der Waals surface area contributed by atoms with Gasteiger partial charge in [-0.15, -0.1) is 0 Å². The van der Waals surface area contributed by atoms with Crippen molar-refractivity contribution in [2.24, 2.45) is 22.4 Å². The van der Waals surface area contributed by atoms with E-state index in [1.807, 2.05) is 24.3 Å². The minimum atomic E-state index is -0.459. The summed E-state index contributed by atoms with van der Waals surface area (Å²) >= 11 is 0. The van der Waals surface area contributed by atoms with Crippen molar-refractivity contribution in [3.63, 3.8) is 0 Å². The van der Waals surface area contributed by atoms with Crippen LogP contribution in [-0.2, 0) is 5.41 Å². The zero-order valence-electron chi connectivity index (χ0n) is 16.8. The molecule has 0 saturated carbocycles. The summed E-state index contributed by atoms with van der Waals surface area (Å²) in [6, 6.07) is 8.03. The molecule has 0 bridgehead atoms. The molecule has 5 N–H and O–H groups in total. The molecule has 1 aromatic carbocycles. The van der Waals surface area contributed by atoms with Gasteiger partial charge >= 0.3 is 0 Å². The maximum atomic E-state index is 5.74. The molecule has 0 spiro atoms. The Labute approximate surface area is 169 Å². The number of rotatable bonds is 7. The fraction of sp³-hybridized carbons (Fsp3) is 0.238. The number of benzene rings is 1. The first-order valence-electron chi connectivity index (χ1n) is 9.21. The Balaban J connectivity index is 1.96. The Kier molecular flexibility index (Phi) is 5.63. The van der Waals surface area contributed by atoms with Crippen LogP contribution in [0.3, 0.4) is 0 Å². The van der Waals surface area contributed by atoms with E-state index in [-0.39, 0.29) is 11.7 Å². The molecule has 150 valence electrons. The molecule has 2 heterocycles. The second kappa shape index (κ2) is 8.14. The molecule has 3 rings (SSSR count). The first kappa shape index (κ1) is 20.1. The molecule has 8 heteroatoms. The van der Waals surface area contributed by atoms with Gasteiger partial charge in [0.05, 0.1) is 5.41 Å².